The van der Waals surface area contributed by atoms with E-state index in [1.807, 2.05) is 29.5 Å². The van der Waals surface area contributed by atoms with Crippen molar-refractivity contribution < 1.29 is 4.79 Å². The van der Waals surface area contributed by atoms with E-state index >= 15 is 0 Å². The molecule has 1 N–H and O–H groups in total. The quantitative estimate of drug-likeness (QED) is 0.719. The van der Waals surface area contributed by atoms with E-state index in [9.17, 15) is 4.79 Å². The second kappa shape index (κ2) is 7.17. The van der Waals surface area contributed by atoms with E-state index in [0.717, 1.165) is 41.5 Å². The lowest BCUT2D eigenvalue weighted by atomic mass is 9.89. The Morgan fingerprint density at radius 2 is 2.04 bits per heavy atom. The predicted octanol–water partition coefficient (Wildman–Crippen LogP) is 3.88. The van der Waals surface area contributed by atoms with Crippen LogP contribution in [-0.4, -0.2) is 29.0 Å². The van der Waals surface area contributed by atoms with Crippen LogP contribution in [0.4, 0.5) is 5.82 Å². The first kappa shape index (κ1) is 17.6. The van der Waals surface area contributed by atoms with Gasteiger partial charge in [-0.05, 0) is 36.3 Å². The van der Waals surface area contributed by atoms with Crippen molar-refractivity contribution in [2.24, 2.45) is 5.92 Å². The van der Waals surface area contributed by atoms with Crippen LogP contribution >= 0.6 is 11.3 Å². The first-order valence-electron chi connectivity index (χ1n) is 10.0. The Bertz CT molecular complexity index is 1020. The largest absolute Gasteiger partial charge is 0.354 e. The van der Waals surface area contributed by atoms with Crippen LogP contribution in [0, 0.1) is 5.92 Å². The van der Waals surface area contributed by atoms with E-state index in [1.54, 1.807) is 6.33 Å². The summed E-state index contributed by atoms with van der Waals surface area (Å²) in [7, 11) is 0. The van der Waals surface area contributed by atoms with Gasteiger partial charge >= 0.3 is 0 Å². The second-order valence-corrected chi connectivity index (χ2v) is 8.99. The molecule has 3 heterocycles. The lowest BCUT2D eigenvalue weighted by Crippen LogP contribution is -2.32. The monoisotopic (exact) mass is 392 g/mol. The van der Waals surface area contributed by atoms with Gasteiger partial charge in [-0.15, -0.1) is 11.3 Å². The number of anilines is 1. The molecule has 0 spiro atoms. The molecular formula is C22H24N4OS. The zero-order valence-corrected chi connectivity index (χ0v) is 16.8. The first-order chi connectivity index (χ1) is 13.7. The maximum absolute atomic E-state index is 12.4. The molecule has 3 aromatic rings. The van der Waals surface area contributed by atoms with Crippen molar-refractivity contribution in [2.45, 2.75) is 38.6 Å². The number of nitrogens with one attached hydrogen (secondary N) is 1. The van der Waals surface area contributed by atoms with Crippen molar-refractivity contribution in [3.8, 4) is 0 Å². The lowest BCUT2D eigenvalue weighted by molar-refractivity contribution is -0.121. The van der Waals surface area contributed by atoms with Crippen LogP contribution in [-0.2, 0) is 17.6 Å². The van der Waals surface area contributed by atoms with Crippen LogP contribution < -0.4 is 10.2 Å². The summed E-state index contributed by atoms with van der Waals surface area (Å²) in [6.45, 7) is 3.72. The molecule has 1 saturated heterocycles. The molecule has 0 saturated carbocycles. The van der Waals surface area contributed by atoms with Crippen molar-refractivity contribution in [1.82, 2.24) is 15.3 Å². The highest BCUT2D eigenvalue weighted by molar-refractivity contribution is 7.19. The van der Waals surface area contributed by atoms with E-state index in [-0.39, 0.29) is 11.9 Å². The van der Waals surface area contributed by atoms with Crippen LogP contribution in [0.3, 0.4) is 0 Å². The van der Waals surface area contributed by atoms with E-state index in [0.29, 0.717) is 13.0 Å². The molecule has 2 aliphatic rings. The maximum atomic E-state index is 12.4. The Kier molecular flexibility index (Phi) is 4.51. The fraction of sp³-hybridized carbons (Fsp3) is 0.409. The topological polar surface area (TPSA) is 58.1 Å². The average molecular weight is 393 g/mol. The molecule has 1 aromatic carbocycles. The van der Waals surface area contributed by atoms with Gasteiger partial charge in [-0.2, -0.15) is 0 Å². The third-order valence-electron chi connectivity index (χ3n) is 5.96. The number of nitrogens with zero attached hydrogens (tertiary/aromatic N) is 3. The Morgan fingerprint density at radius 1 is 1.18 bits per heavy atom. The number of hydrogen-bond acceptors (Lipinski definition) is 5. The number of fused-ring (bicyclic) bond motifs is 3. The van der Waals surface area contributed by atoms with E-state index in [2.05, 4.69) is 34.3 Å². The van der Waals surface area contributed by atoms with Crippen molar-refractivity contribution in [2.75, 3.05) is 18.0 Å². The number of rotatable bonds is 2. The van der Waals surface area contributed by atoms with Crippen molar-refractivity contribution in [3.63, 3.8) is 0 Å². The summed E-state index contributed by atoms with van der Waals surface area (Å²) < 4.78 is 0. The summed E-state index contributed by atoms with van der Waals surface area (Å²) in [6, 6.07) is 10.3. The molecule has 5 rings (SSSR count). The van der Waals surface area contributed by atoms with Crippen LogP contribution in [0.5, 0.6) is 0 Å². The van der Waals surface area contributed by atoms with Gasteiger partial charge in [0.1, 0.15) is 17.0 Å². The number of benzene rings is 1. The minimum atomic E-state index is -0.0140. The highest BCUT2D eigenvalue weighted by Crippen LogP contribution is 2.42. The minimum Gasteiger partial charge on any atom is -0.354 e. The van der Waals surface area contributed by atoms with Crippen LogP contribution in [0.1, 0.15) is 41.8 Å². The molecule has 1 aliphatic heterocycles. The molecule has 0 radical (unpaired) electrons. The summed E-state index contributed by atoms with van der Waals surface area (Å²) >= 11 is 1.82. The van der Waals surface area contributed by atoms with Gasteiger partial charge < -0.3 is 10.2 Å². The molecular weight excluding hydrogens is 368 g/mol. The fourth-order valence-corrected chi connectivity index (χ4v) is 5.88. The summed E-state index contributed by atoms with van der Waals surface area (Å²) in [6.07, 6.45) is 5.58. The Hall–Kier alpha value is -2.47. The predicted molar refractivity (Wildman–Crippen MR) is 113 cm³/mol. The maximum Gasteiger partial charge on any atom is 0.222 e. The summed E-state index contributed by atoms with van der Waals surface area (Å²) in [4.78, 5) is 26.6. The number of carbonyl (C=O) groups excluding carboxylic acids is 1. The normalized spacial score (nSPS) is 22.6. The van der Waals surface area contributed by atoms with Crippen molar-refractivity contribution >= 4 is 33.3 Å². The lowest BCUT2D eigenvalue weighted by Gasteiger charge is -2.31. The smallest absolute Gasteiger partial charge is 0.222 e. The molecule has 28 heavy (non-hydrogen) atoms. The molecule has 144 valence electrons. The van der Waals surface area contributed by atoms with Crippen LogP contribution in [0.2, 0.25) is 0 Å². The number of aryl methyl sites for hydroxylation is 1. The Morgan fingerprint density at radius 3 is 2.89 bits per heavy atom. The van der Waals surface area contributed by atoms with E-state index in [4.69, 9.17) is 4.98 Å². The van der Waals surface area contributed by atoms with Gasteiger partial charge in [0.15, 0.2) is 0 Å². The van der Waals surface area contributed by atoms with Gasteiger partial charge in [-0.3, -0.25) is 4.79 Å². The van der Waals surface area contributed by atoms with Crippen LogP contribution in [0.25, 0.3) is 10.2 Å². The third kappa shape index (κ3) is 3.05. The minimum absolute atomic E-state index is 0.0140. The molecule has 1 aliphatic carbocycles. The van der Waals surface area contributed by atoms with Gasteiger partial charge in [0.25, 0.3) is 0 Å². The molecule has 2 atom stereocenters. The van der Waals surface area contributed by atoms with E-state index in [1.165, 1.54) is 22.2 Å². The zero-order chi connectivity index (χ0) is 19.1. The highest BCUT2D eigenvalue weighted by atomic mass is 32.1. The highest BCUT2D eigenvalue weighted by Gasteiger charge is 2.31. The number of hydrogen-bond donors (Lipinski definition) is 1. The molecule has 6 heteroatoms. The van der Waals surface area contributed by atoms with Gasteiger partial charge in [0, 0.05) is 18.0 Å². The molecule has 0 unspecified atom stereocenters. The van der Waals surface area contributed by atoms with Crippen molar-refractivity contribution in [3.05, 3.63) is 52.7 Å². The number of amides is 1. The van der Waals surface area contributed by atoms with Gasteiger partial charge in [0.05, 0.1) is 17.8 Å². The molecule has 1 amide bonds. The van der Waals surface area contributed by atoms with Gasteiger partial charge in [-0.25, -0.2) is 9.97 Å². The second-order valence-electron chi connectivity index (χ2n) is 7.90. The first-order valence-corrected chi connectivity index (χ1v) is 10.9. The fourth-order valence-electron chi connectivity index (χ4n) is 4.53. The number of carbonyl (C=O) groups is 1. The molecule has 2 aromatic heterocycles. The number of thiophene rings is 1. The zero-order valence-electron chi connectivity index (χ0n) is 16.0. The third-order valence-corrected chi connectivity index (χ3v) is 7.12. The number of aromatic nitrogens is 2. The van der Waals surface area contributed by atoms with Gasteiger partial charge in [-0.1, -0.05) is 37.3 Å². The van der Waals surface area contributed by atoms with E-state index < -0.39 is 0 Å². The van der Waals surface area contributed by atoms with Crippen molar-refractivity contribution in [1.29, 1.82) is 0 Å². The standard InChI is InChI=1S/C22H24N4OS/c1-14-7-8-16-18(11-14)28-22-20(16)21(24-13-25-22)26-10-9-23-19(27)12-17(26)15-5-3-2-4-6-15/h2-6,13-14,17H,7-12H2,1H3,(H,23,27)/t14-,17+/m1/s1. The van der Waals surface area contributed by atoms with Gasteiger partial charge in [0.2, 0.25) is 5.91 Å². The summed E-state index contributed by atoms with van der Waals surface area (Å²) in [5.74, 6) is 1.82. The van der Waals surface area contributed by atoms with Crippen LogP contribution in [0.15, 0.2) is 36.7 Å². The molecule has 1 fully saturated rings. The molecule has 0 bridgehead atoms. The molecule has 5 nitrogen and oxygen atoms in total. The average Bonchev–Trinajstić information content (AvgIpc) is 2.96. The summed E-state index contributed by atoms with van der Waals surface area (Å²) in [5.41, 5.74) is 2.59. The SMILES string of the molecule is C[C@@H]1CCc2c(sc3ncnc(N4CCNC(=O)C[C@H]4c4ccccc4)c23)C1. The Labute approximate surface area is 168 Å². The Balaban J connectivity index is 1.65. The summed E-state index contributed by atoms with van der Waals surface area (Å²) in [5, 5.41) is 4.25.